The second kappa shape index (κ2) is 2.52. The van der Waals surface area contributed by atoms with Crippen LogP contribution in [0.4, 0.5) is 0 Å². The molecule has 1 aromatic rings. The molecule has 0 atom stereocenters. The molecule has 0 fully saturated rings. The molecule has 62 valence electrons. The molecule has 3 nitrogen and oxygen atoms in total. The fraction of sp³-hybridized carbons (Fsp3) is 0.222. The van der Waals surface area contributed by atoms with Gasteiger partial charge in [-0.1, -0.05) is 12.2 Å². The second-order valence-electron chi connectivity index (χ2n) is 2.68. The molecule has 1 aliphatic rings. The van der Waals surface area contributed by atoms with Crippen LogP contribution in [0.15, 0.2) is 17.1 Å². The number of ether oxygens (including phenoxy) is 1. The minimum absolute atomic E-state index is 0.0178. The summed E-state index contributed by atoms with van der Waals surface area (Å²) in [5.74, 6) is 0.735. The van der Waals surface area contributed by atoms with Gasteiger partial charge in [-0.25, -0.2) is 0 Å². The molecular formula is C9H9NO2. The summed E-state index contributed by atoms with van der Waals surface area (Å²) in [6.07, 6.45) is 6.19. The molecule has 1 heterocycles. The smallest absolute Gasteiger partial charge is 0.252 e. The van der Waals surface area contributed by atoms with Gasteiger partial charge >= 0.3 is 0 Å². The van der Waals surface area contributed by atoms with Gasteiger partial charge in [0.1, 0.15) is 5.75 Å². The first-order valence-electron chi connectivity index (χ1n) is 3.78. The molecule has 0 aromatic carbocycles. The third-order valence-electron chi connectivity index (χ3n) is 2.03. The number of aromatic nitrogens is 1. The molecule has 12 heavy (non-hydrogen) atoms. The van der Waals surface area contributed by atoms with Crippen molar-refractivity contribution in [3.05, 3.63) is 33.8 Å². The maximum absolute atomic E-state index is 11.2. The monoisotopic (exact) mass is 163 g/mol. The molecule has 0 amide bonds. The van der Waals surface area contributed by atoms with E-state index in [0.717, 1.165) is 16.9 Å². The number of allylic oxidation sites excluding steroid dienone is 1. The zero-order valence-corrected chi connectivity index (χ0v) is 6.76. The zero-order valence-electron chi connectivity index (χ0n) is 6.76. The van der Waals surface area contributed by atoms with E-state index >= 15 is 0 Å². The molecule has 0 unspecified atom stereocenters. The number of hydrogen-bond acceptors (Lipinski definition) is 2. The van der Waals surface area contributed by atoms with Gasteiger partial charge in [0, 0.05) is 17.3 Å². The summed E-state index contributed by atoms with van der Waals surface area (Å²) in [4.78, 5) is 13.9. The van der Waals surface area contributed by atoms with Crippen molar-refractivity contribution in [2.75, 3.05) is 7.11 Å². The van der Waals surface area contributed by atoms with Crippen molar-refractivity contribution < 1.29 is 4.74 Å². The Hall–Kier alpha value is -1.51. The summed E-state index contributed by atoms with van der Waals surface area (Å²) >= 11 is 0. The lowest BCUT2D eigenvalue weighted by atomic mass is 10.1. The molecule has 0 aliphatic heterocycles. The number of fused-ring (bicyclic) bond motifs is 1. The van der Waals surface area contributed by atoms with Crippen molar-refractivity contribution >= 4 is 6.08 Å². The van der Waals surface area contributed by atoms with Gasteiger partial charge in [0.2, 0.25) is 0 Å². The van der Waals surface area contributed by atoms with E-state index in [1.165, 1.54) is 0 Å². The van der Waals surface area contributed by atoms with E-state index in [1.807, 2.05) is 12.2 Å². The molecule has 0 saturated heterocycles. The summed E-state index contributed by atoms with van der Waals surface area (Å²) in [7, 11) is 1.60. The standard InChI is InChI=1S/C9H9NO2/c1-12-8-5-10-9(11)7-4-2-3-6(7)8/h2-3,5H,4H2,1H3,(H,10,11). The van der Waals surface area contributed by atoms with Crippen LogP contribution < -0.4 is 10.3 Å². The maximum Gasteiger partial charge on any atom is 0.252 e. The van der Waals surface area contributed by atoms with E-state index < -0.39 is 0 Å². The summed E-state index contributed by atoms with van der Waals surface area (Å²) in [5.41, 5.74) is 1.70. The first kappa shape index (κ1) is 7.16. The highest BCUT2D eigenvalue weighted by Crippen LogP contribution is 2.24. The number of nitrogens with one attached hydrogen (secondary N) is 1. The normalized spacial score (nSPS) is 13.1. The Labute approximate surface area is 69.7 Å². The van der Waals surface area contributed by atoms with Crippen molar-refractivity contribution in [1.82, 2.24) is 4.98 Å². The molecule has 1 aliphatic carbocycles. The van der Waals surface area contributed by atoms with Gasteiger partial charge in [0.15, 0.2) is 0 Å². The minimum atomic E-state index is -0.0178. The summed E-state index contributed by atoms with van der Waals surface area (Å²) in [5, 5.41) is 0. The van der Waals surface area contributed by atoms with Gasteiger partial charge in [0.25, 0.3) is 5.56 Å². The van der Waals surface area contributed by atoms with Crippen LogP contribution in [0.5, 0.6) is 5.75 Å². The fourth-order valence-corrected chi connectivity index (χ4v) is 1.42. The molecular weight excluding hydrogens is 154 g/mol. The van der Waals surface area contributed by atoms with Crippen LogP contribution in [0.1, 0.15) is 11.1 Å². The number of rotatable bonds is 1. The Morgan fingerprint density at radius 3 is 3.17 bits per heavy atom. The lowest BCUT2D eigenvalue weighted by molar-refractivity contribution is 0.411. The fourth-order valence-electron chi connectivity index (χ4n) is 1.42. The predicted octanol–water partition coefficient (Wildman–Crippen LogP) is 0.953. The van der Waals surface area contributed by atoms with Crippen LogP contribution in [0, 0.1) is 0 Å². The van der Waals surface area contributed by atoms with Gasteiger partial charge in [-0.05, 0) is 6.42 Å². The Kier molecular flexibility index (Phi) is 1.50. The third kappa shape index (κ3) is 0.863. The Morgan fingerprint density at radius 2 is 2.42 bits per heavy atom. The SMILES string of the molecule is COc1c[nH]c(=O)c2c1C=CC2. The average molecular weight is 163 g/mol. The van der Waals surface area contributed by atoms with Crippen molar-refractivity contribution in [3.8, 4) is 5.75 Å². The van der Waals surface area contributed by atoms with Crippen LogP contribution in [0.3, 0.4) is 0 Å². The molecule has 0 saturated carbocycles. The number of hydrogen-bond donors (Lipinski definition) is 1. The molecule has 0 bridgehead atoms. The van der Waals surface area contributed by atoms with Crippen molar-refractivity contribution in [2.24, 2.45) is 0 Å². The van der Waals surface area contributed by atoms with Gasteiger partial charge in [-0.15, -0.1) is 0 Å². The lowest BCUT2D eigenvalue weighted by Crippen LogP contribution is -2.12. The van der Waals surface area contributed by atoms with E-state index in [-0.39, 0.29) is 5.56 Å². The molecule has 0 radical (unpaired) electrons. The number of aromatic amines is 1. The quantitative estimate of drug-likeness (QED) is 0.669. The van der Waals surface area contributed by atoms with Crippen molar-refractivity contribution in [2.45, 2.75) is 6.42 Å². The number of H-pyrrole nitrogens is 1. The van der Waals surface area contributed by atoms with E-state index in [9.17, 15) is 4.79 Å². The molecule has 3 heteroatoms. The highest BCUT2D eigenvalue weighted by Gasteiger charge is 2.13. The van der Waals surface area contributed by atoms with Crippen LogP contribution in [-0.2, 0) is 6.42 Å². The second-order valence-corrected chi connectivity index (χ2v) is 2.68. The number of methoxy groups -OCH3 is 1. The molecule has 1 aromatic heterocycles. The van der Waals surface area contributed by atoms with Gasteiger partial charge in [-0.2, -0.15) is 0 Å². The van der Waals surface area contributed by atoms with Crippen LogP contribution in [-0.4, -0.2) is 12.1 Å². The Morgan fingerprint density at radius 1 is 1.58 bits per heavy atom. The van der Waals surface area contributed by atoms with E-state index in [4.69, 9.17) is 4.74 Å². The topological polar surface area (TPSA) is 42.1 Å². The average Bonchev–Trinajstić information content (AvgIpc) is 2.54. The highest BCUT2D eigenvalue weighted by atomic mass is 16.5. The number of pyridine rings is 1. The highest BCUT2D eigenvalue weighted by molar-refractivity contribution is 5.64. The van der Waals surface area contributed by atoms with Crippen molar-refractivity contribution in [1.29, 1.82) is 0 Å². The van der Waals surface area contributed by atoms with Gasteiger partial charge in [-0.3, -0.25) is 4.79 Å². The Balaban J connectivity index is 2.70. The molecule has 0 spiro atoms. The molecule has 2 rings (SSSR count). The predicted molar refractivity (Wildman–Crippen MR) is 46.4 cm³/mol. The van der Waals surface area contributed by atoms with Gasteiger partial charge in [0.05, 0.1) is 7.11 Å². The minimum Gasteiger partial charge on any atom is -0.495 e. The van der Waals surface area contributed by atoms with Crippen LogP contribution in [0.25, 0.3) is 6.08 Å². The van der Waals surface area contributed by atoms with E-state index in [2.05, 4.69) is 4.98 Å². The van der Waals surface area contributed by atoms with Crippen molar-refractivity contribution in [3.63, 3.8) is 0 Å². The van der Waals surface area contributed by atoms with Crippen LogP contribution in [0.2, 0.25) is 0 Å². The zero-order chi connectivity index (χ0) is 8.55. The summed E-state index contributed by atoms with van der Waals surface area (Å²) in [6.45, 7) is 0. The first-order chi connectivity index (χ1) is 5.83. The molecule has 1 N–H and O–H groups in total. The van der Waals surface area contributed by atoms with Crippen LogP contribution >= 0.6 is 0 Å². The Bertz CT molecular complexity index is 390. The first-order valence-corrected chi connectivity index (χ1v) is 3.78. The van der Waals surface area contributed by atoms with E-state index in [1.54, 1.807) is 13.3 Å². The summed E-state index contributed by atoms with van der Waals surface area (Å²) < 4.78 is 5.09. The maximum atomic E-state index is 11.2. The lowest BCUT2D eigenvalue weighted by Gasteiger charge is -2.03. The van der Waals surface area contributed by atoms with E-state index in [0.29, 0.717) is 6.42 Å². The van der Waals surface area contributed by atoms with Gasteiger partial charge < -0.3 is 9.72 Å². The third-order valence-corrected chi connectivity index (χ3v) is 2.03. The largest absolute Gasteiger partial charge is 0.495 e. The summed E-state index contributed by atoms with van der Waals surface area (Å²) in [6, 6.07) is 0.